The van der Waals surface area contributed by atoms with Crippen LogP contribution in [0.15, 0.2) is 0 Å². The van der Waals surface area contributed by atoms with Gasteiger partial charge in [-0.3, -0.25) is 0 Å². The van der Waals surface area contributed by atoms with Crippen LogP contribution in [0.4, 0.5) is 0 Å². The molecular weight excluding hydrogens is 162 g/mol. The Morgan fingerprint density at radius 3 is 2.31 bits per heavy atom. The third-order valence-corrected chi connectivity index (χ3v) is 3.17. The molecule has 0 radical (unpaired) electrons. The predicted molar refractivity (Wildman–Crippen MR) is 56.7 cm³/mol. The number of likely N-dealkylation sites (N-methyl/N-ethyl adjacent to an activating group) is 1. The van der Waals surface area contributed by atoms with E-state index in [1.807, 2.05) is 7.05 Å². The van der Waals surface area contributed by atoms with E-state index in [-0.39, 0.29) is 6.04 Å². The Bertz CT molecular complexity index is 139. The lowest BCUT2D eigenvalue weighted by molar-refractivity contribution is 0.178. The van der Waals surface area contributed by atoms with Gasteiger partial charge in [0.15, 0.2) is 0 Å². The first-order valence-electron chi connectivity index (χ1n) is 5.26. The van der Waals surface area contributed by atoms with Crippen molar-refractivity contribution < 1.29 is 0 Å². The van der Waals surface area contributed by atoms with Crippen molar-refractivity contribution in [1.82, 2.24) is 10.2 Å². The van der Waals surface area contributed by atoms with Gasteiger partial charge >= 0.3 is 0 Å². The zero-order valence-corrected chi connectivity index (χ0v) is 9.09. The van der Waals surface area contributed by atoms with E-state index in [1.165, 1.54) is 25.9 Å². The molecule has 1 aliphatic heterocycles. The Morgan fingerprint density at radius 2 is 1.92 bits per heavy atom. The number of nitrogens with one attached hydrogen (secondary N) is 1. The molecule has 1 aliphatic rings. The van der Waals surface area contributed by atoms with Crippen LogP contribution in [0.2, 0.25) is 0 Å². The maximum absolute atomic E-state index is 5.94. The zero-order valence-electron chi connectivity index (χ0n) is 9.09. The summed E-state index contributed by atoms with van der Waals surface area (Å²) in [5.41, 5.74) is 5.94. The van der Waals surface area contributed by atoms with Crippen molar-refractivity contribution in [3.63, 3.8) is 0 Å². The number of rotatable bonds is 3. The molecule has 2 atom stereocenters. The van der Waals surface area contributed by atoms with Gasteiger partial charge < -0.3 is 16.0 Å². The second-order valence-corrected chi connectivity index (χ2v) is 4.31. The largest absolute Gasteiger partial charge is 0.327 e. The Kier molecular flexibility index (Phi) is 4.16. The quantitative estimate of drug-likeness (QED) is 0.663. The average Bonchev–Trinajstić information content (AvgIpc) is 2.09. The molecule has 1 fully saturated rings. The Balaban J connectivity index is 2.41. The van der Waals surface area contributed by atoms with E-state index in [2.05, 4.69) is 24.2 Å². The van der Waals surface area contributed by atoms with Crippen LogP contribution in [0.25, 0.3) is 0 Å². The SMILES string of the molecule is CNC(C(C)N)C1CCN(C)CC1. The van der Waals surface area contributed by atoms with Gasteiger partial charge in [-0.1, -0.05) is 0 Å². The molecule has 0 aromatic rings. The van der Waals surface area contributed by atoms with Crippen molar-refractivity contribution in [3.8, 4) is 0 Å². The molecule has 2 unspecified atom stereocenters. The lowest BCUT2D eigenvalue weighted by atomic mass is 9.86. The lowest BCUT2D eigenvalue weighted by Crippen LogP contribution is -2.49. The van der Waals surface area contributed by atoms with E-state index in [0.29, 0.717) is 6.04 Å². The summed E-state index contributed by atoms with van der Waals surface area (Å²) in [6.07, 6.45) is 2.56. The summed E-state index contributed by atoms with van der Waals surface area (Å²) >= 11 is 0. The fourth-order valence-electron chi connectivity index (χ4n) is 2.32. The van der Waals surface area contributed by atoms with Crippen molar-refractivity contribution in [1.29, 1.82) is 0 Å². The van der Waals surface area contributed by atoms with Gasteiger partial charge in [-0.2, -0.15) is 0 Å². The summed E-state index contributed by atoms with van der Waals surface area (Å²) in [6.45, 7) is 4.53. The van der Waals surface area contributed by atoms with Crippen LogP contribution in [0.1, 0.15) is 19.8 Å². The van der Waals surface area contributed by atoms with Crippen molar-refractivity contribution in [2.24, 2.45) is 11.7 Å². The Morgan fingerprint density at radius 1 is 1.38 bits per heavy atom. The van der Waals surface area contributed by atoms with Crippen LogP contribution < -0.4 is 11.1 Å². The van der Waals surface area contributed by atoms with Crippen molar-refractivity contribution in [3.05, 3.63) is 0 Å². The van der Waals surface area contributed by atoms with Gasteiger partial charge in [0.2, 0.25) is 0 Å². The molecule has 0 bridgehead atoms. The van der Waals surface area contributed by atoms with E-state index in [4.69, 9.17) is 5.73 Å². The first-order valence-corrected chi connectivity index (χ1v) is 5.26. The van der Waals surface area contributed by atoms with Gasteiger partial charge in [-0.25, -0.2) is 0 Å². The molecular formula is C10H23N3. The van der Waals surface area contributed by atoms with E-state index >= 15 is 0 Å². The highest BCUT2D eigenvalue weighted by molar-refractivity contribution is 4.85. The molecule has 0 aromatic carbocycles. The smallest absolute Gasteiger partial charge is 0.0242 e. The van der Waals surface area contributed by atoms with Gasteiger partial charge in [0, 0.05) is 12.1 Å². The van der Waals surface area contributed by atoms with E-state index in [9.17, 15) is 0 Å². The molecule has 0 amide bonds. The van der Waals surface area contributed by atoms with Crippen LogP contribution in [-0.2, 0) is 0 Å². The number of piperidine rings is 1. The third kappa shape index (κ3) is 2.93. The summed E-state index contributed by atoms with van der Waals surface area (Å²) < 4.78 is 0. The molecule has 1 saturated heterocycles. The molecule has 13 heavy (non-hydrogen) atoms. The average molecular weight is 185 g/mol. The van der Waals surface area contributed by atoms with Crippen molar-refractivity contribution in [2.75, 3.05) is 27.2 Å². The highest BCUT2D eigenvalue weighted by atomic mass is 15.1. The fraction of sp³-hybridized carbons (Fsp3) is 1.00. The standard InChI is InChI=1S/C10H23N3/c1-8(11)10(12-2)9-4-6-13(3)7-5-9/h8-10,12H,4-7,11H2,1-3H3. The lowest BCUT2D eigenvalue weighted by Gasteiger charge is -2.35. The first kappa shape index (κ1) is 11.0. The van der Waals surface area contributed by atoms with Crippen molar-refractivity contribution in [2.45, 2.75) is 31.8 Å². The number of hydrogen-bond acceptors (Lipinski definition) is 3. The molecule has 3 nitrogen and oxygen atoms in total. The predicted octanol–water partition coefficient (Wildman–Crippen LogP) is 0.263. The molecule has 78 valence electrons. The number of hydrogen-bond donors (Lipinski definition) is 2. The van der Waals surface area contributed by atoms with Crippen LogP contribution in [-0.4, -0.2) is 44.2 Å². The molecule has 1 rings (SSSR count). The van der Waals surface area contributed by atoms with Gasteiger partial charge in [0.1, 0.15) is 0 Å². The highest BCUT2D eigenvalue weighted by Crippen LogP contribution is 2.20. The maximum Gasteiger partial charge on any atom is 0.0242 e. The molecule has 1 heterocycles. The molecule has 3 N–H and O–H groups in total. The van der Waals surface area contributed by atoms with Gasteiger partial charge in [0.05, 0.1) is 0 Å². The number of likely N-dealkylation sites (tertiary alicyclic amines) is 1. The summed E-state index contributed by atoms with van der Waals surface area (Å²) in [6, 6.07) is 0.757. The minimum Gasteiger partial charge on any atom is -0.327 e. The second-order valence-electron chi connectivity index (χ2n) is 4.31. The normalized spacial score (nSPS) is 25.8. The molecule has 0 spiro atoms. The summed E-state index contributed by atoms with van der Waals surface area (Å²) in [4.78, 5) is 2.39. The van der Waals surface area contributed by atoms with Gasteiger partial charge in [-0.15, -0.1) is 0 Å². The first-order chi connectivity index (χ1) is 6.15. The molecule has 0 saturated carbocycles. The van der Waals surface area contributed by atoms with Crippen LogP contribution in [0.5, 0.6) is 0 Å². The second kappa shape index (κ2) is 4.94. The molecule has 0 aromatic heterocycles. The summed E-state index contributed by atoms with van der Waals surface area (Å²) in [5, 5.41) is 3.34. The summed E-state index contributed by atoms with van der Waals surface area (Å²) in [5.74, 6) is 0.765. The van der Waals surface area contributed by atoms with E-state index < -0.39 is 0 Å². The topological polar surface area (TPSA) is 41.3 Å². The minimum absolute atomic E-state index is 0.262. The minimum atomic E-state index is 0.262. The van der Waals surface area contributed by atoms with Gasteiger partial charge in [-0.05, 0) is 52.9 Å². The number of nitrogens with two attached hydrogens (primary N) is 1. The van der Waals surface area contributed by atoms with Crippen molar-refractivity contribution >= 4 is 0 Å². The van der Waals surface area contributed by atoms with Crippen LogP contribution >= 0.6 is 0 Å². The monoisotopic (exact) mass is 185 g/mol. The Hall–Kier alpha value is -0.120. The summed E-state index contributed by atoms with van der Waals surface area (Å²) in [7, 11) is 4.21. The zero-order chi connectivity index (χ0) is 9.84. The fourth-order valence-corrected chi connectivity index (χ4v) is 2.32. The van der Waals surface area contributed by atoms with E-state index in [0.717, 1.165) is 5.92 Å². The van der Waals surface area contributed by atoms with Crippen LogP contribution in [0, 0.1) is 5.92 Å². The number of nitrogens with zero attached hydrogens (tertiary/aromatic N) is 1. The van der Waals surface area contributed by atoms with Gasteiger partial charge in [0.25, 0.3) is 0 Å². The molecule has 0 aliphatic carbocycles. The maximum atomic E-state index is 5.94. The third-order valence-electron chi connectivity index (χ3n) is 3.17. The van der Waals surface area contributed by atoms with E-state index in [1.54, 1.807) is 0 Å². The van der Waals surface area contributed by atoms with Crippen LogP contribution in [0.3, 0.4) is 0 Å². The molecule has 3 heteroatoms. The highest BCUT2D eigenvalue weighted by Gasteiger charge is 2.26. The Labute approximate surface area is 81.7 Å².